The molecule has 0 saturated heterocycles. The lowest BCUT2D eigenvalue weighted by molar-refractivity contribution is -0.00708. The van der Waals surface area contributed by atoms with Crippen LogP contribution < -0.4 is 0 Å². The van der Waals surface area contributed by atoms with Crippen molar-refractivity contribution in [3.05, 3.63) is 34.9 Å². The predicted octanol–water partition coefficient (Wildman–Crippen LogP) is 3.84. The van der Waals surface area contributed by atoms with Gasteiger partial charge in [0.2, 0.25) is 0 Å². The standard InChI is InChI=1S/C17H23F2NO3/c1-10-11-6-5-7-13(14(21)15(18)19)12(11)8-9-20(10)16(22)23-17(2,3)4/h5-7,10,14-15,21H,8-9H2,1-4H3/t10-,14+/m0/s1. The van der Waals surface area contributed by atoms with Crippen molar-refractivity contribution in [2.24, 2.45) is 0 Å². The minimum absolute atomic E-state index is 0.244. The molecule has 0 radical (unpaired) electrons. The third kappa shape index (κ3) is 3.80. The van der Waals surface area contributed by atoms with E-state index >= 15 is 0 Å². The number of aliphatic hydroxyl groups is 1. The van der Waals surface area contributed by atoms with Gasteiger partial charge >= 0.3 is 6.09 Å². The summed E-state index contributed by atoms with van der Waals surface area (Å²) in [5.41, 5.74) is 1.13. The van der Waals surface area contributed by atoms with Crippen LogP contribution in [0.2, 0.25) is 0 Å². The van der Waals surface area contributed by atoms with Crippen LogP contribution in [0.3, 0.4) is 0 Å². The molecule has 0 spiro atoms. The maximum absolute atomic E-state index is 12.8. The average Bonchev–Trinajstić information content (AvgIpc) is 2.44. The highest BCUT2D eigenvalue weighted by atomic mass is 19.3. The number of hydrogen-bond acceptors (Lipinski definition) is 3. The van der Waals surface area contributed by atoms with Gasteiger partial charge in [-0.2, -0.15) is 0 Å². The molecule has 2 rings (SSSR count). The Kier molecular flexibility index (Phi) is 4.94. The minimum Gasteiger partial charge on any atom is -0.444 e. The SMILES string of the molecule is C[C@H]1c2cccc([C@@H](O)C(F)F)c2CCN1C(=O)OC(C)(C)C. The van der Waals surface area contributed by atoms with E-state index in [9.17, 15) is 18.7 Å². The van der Waals surface area contributed by atoms with Crippen LogP contribution in [0.25, 0.3) is 0 Å². The molecule has 0 bridgehead atoms. The zero-order valence-electron chi connectivity index (χ0n) is 13.8. The first kappa shape index (κ1) is 17.7. The molecule has 23 heavy (non-hydrogen) atoms. The van der Waals surface area contributed by atoms with Crippen molar-refractivity contribution in [3.63, 3.8) is 0 Å². The van der Waals surface area contributed by atoms with Gasteiger partial charge in [0.05, 0.1) is 6.04 Å². The van der Waals surface area contributed by atoms with E-state index in [0.717, 1.165) is 5.56 Å². The van der Waals surface area contributed by atoms with E-state index in [1.54, 1.807) is 37.8 Å². The van der Waals surface area contributed by atoms with Crippen molar-refractivity contribution in [2.45, 2.75) is 58.3 Å². The molecule has 128 valence electrons. The largest absolute Gasteiger partial charge is 0.444 e. The molecule has 2 atom stereocenters. The first-order chi connectivity index (χ1) is 10.6. The van der Waals surface area contributed by atoms with Crippen LogP contribution >= 0.6 is 0 Å². The van der Waals surface area contributed by atoms with E-state index in [1.807, 2.05) is 6.92 Å². The summed E-state index contributed by atoms with van der Waals surface area (Å²) in [6.07, 6.45) is -4.64. The fourth-order valence-electron chi connectivity index (χ4n) is 2.88. The van der Waals surface area contributed by atoms with Gasteiger partial charge in [-0.25, -0.2) is 13.6 Å². The molecule has 0 saturated carbocycles. The summed E-state index contributed by atoms with van der Waals surface area (Å²) in [7, 11) is 0. The lowest BCUT2D eigenvalue weighted by Gasteiger charge is -2.37. The van der Waals surface area contributed by atoms with Crippen LogP contribution in [0.1, 0.15) is 56.5 Å². The first-order valence-corrected chi connectivity index (χ1v) is 7.69. The van der Waals surface area contributed by atoms with E-state index in [2.05, 4.69) is 0 Å². The van der Waals surface area contributed by atoms with Gasteiger partial charge in [0.1, 0.15) is 11.7 Å². The Bertz CT molecular complexity index is 584. The number of nitrogens with zero attached hydrogens (tertiary/aromatic N) is 1. The van der Waals surface area contributed by atoms with E-state index in [-0.39, 0.29) is 11.6 Å². The van der Waals surface area contributed by atoms with Gasteiger partial charge in [0.25, 0.3) is 6.43 Å². The third-order valence-corrected chi connectivity index (χ3v) is 3.95. The predicted molar refractivity (Wildman–Crippen MR) is 82.5 cm³/mol. The van der Waals surface area contributed by atoms with E-state index < -0.39 is 24.2 Å². The molecular weight excluding hydrogens is 304 g/mol. The summed E-state index contributed by atoms with van der Waals surface area (Å²) in [6, 6.07) is 4.66. The molecule has 1 aromatic rings. The second-order valence-electron chi connectivity index (χ2n) is 6.79. The van der Waals surface area contributed by atoms with Crippen molar-refractivity contribution in [1.82, 2.24) is 4.90 Å². The van der Waals surface area contributed by atoms with Crippen molar-refractivity contribution < 1.29 is 23.4 Å². The fourth-order valence-corrected chi connectivity index (χ4v) is 2.88. The number of carbonyl (C=O) groups excluding carboxylic acids is 1. The van der Waals surface area contributed by atoms with Gasteiger partial charge in [-0.05, 0) is 50.8 Å². The van der Waals surface area contributed by atoms with Gasteiger partial charge in [-0.15, -0.1) is 0 Å². The maximum Gasteiger partial charge on any atom is 0.410 e. The highest BCUT2D eigenvalue weighted by Crippen LogP contribution is 2.35. The maximum atomic E-state index is 12.8. The van der Waals surface area contributed by atoms with Crippen molar-refractivity contribution in [3.8, 4) is 0 Å². The van der Waals surface area contributed by atoms with E-state index in [4.69, 9.17) is 4.74 Å². The normalized spacial score (nSPS) is 19.5. The Balaban J connectivity index is 2.29. The molecule has 0 aromatic heterocycles. The quantitative estimate of drug-likeness (QED) is 0.898. The molecule has 0 aliphatic carbocycles. The number of amides is 1. The number of carbonyl (C=O) groups is 1. The number of alkyl halides is 2. The molecule has 0 fully saturated rings. The number of aliphatic hydroxyl groups excluding tert-OH is 1. The zero-order chi connectivity index (χ0) is 17.4. The Labute approximate surface area is 135 Å². The summed E-state index contributed by atoms with van der Waals surface area (Å²) in [6.45, 7) is 7.59. The number of ether oxygens (including phenoxy) is 1. The van der Waals surface area contributed by atoms with Crippen LogP contribution in [-0.2, 0) is 11.2 Å². The smallest absolute Gasteiger partial charge is 0.410 e. The summed E-state index contributed by atoms with van der Waals surface area (Å²) >= 11 is 0. The van der Waals surface area contributed by atoms with Crippen LogP contribution in [0, 0.1) is 0 Å². The number of halogens is 2. The molecule has 1 N–H and O–H groups in total. The van der Waals surface area contributed by atoms with Crippen molar-refractivity contribution in [2.75, 3.05) is 6.54 Å². The first-order valence-electron chi connectivity index (χ1n) is 7.69. The van der Waals surface area contributed by atoms with Gasteiger partial charge in [-0.3, -0.25) is 0 Å². The minimum atomic E-state index is -2.83. The topological polar surface area (TPSA) is 49.8 Å². The summed E-state index contributed by atoms with van der Waals surface area (Å²) in [5, 5.41) is 9.71. The monoisotopic (exact) mass is 327 g/mol. The second kappa shape index (κ2) is 6.43. The molecular formula is C17H23F2NO3. The van der Waals surface area contributed by atoms with Crippen molar-refractivity contribution >= 4 is 6.09 Å². The highest BCUT2D eigenvalue weighted by Gasteiger charge is 2.33. The Morgan fingerprint density at radius 1 is 1.39 bits per heavy atom. The molecule has 1 heterocycles. The zero-order valence-corrected chi connectivity index (χ0v) is 13.8. The molecule has 1 aliphatic rings. The number of rotatable bonds is 2. The third-order valence-electron chi connectivity index (χ3n) is 3.95. The van der Waals surface area contributed by atoms with Crippen molar-refractivity contribution in [1.29, 1.82) is 0 Å². The number of hydrogen-bond donors (Lipinski definition) is 1. The Hall–Kier alpha value is -1.69. The lowest BCUT2D eigenvalue weighted by Crippen LogP contribution is -2.42. The second-order valence-corrected chi connectivity index (χ2v) is 6.79. The van der Waals surface area contributed by atoms with Gasteiger partial charge < -0.3 is 14.7 Å². The molecule has 1 aliphatic heterocycles. The molecule has 0 unspecified atom stereocenters. The average molecular weight is 327 g/mol. The fraction of sp³-hybridized carbons (Fsp3) is 0.588. The molecule has 4 nitrogen and oxygen atoms in total. The Morgan fingerprint density at radius 2 is 2.04 bits per heavy atom. The Morgan fingerprint density at radius 3 is 2.61 bits per heavy atom. The van der Waals surface area contributed by atoms with Crippen LogP contribution in [0.5, 0.6) is 0 Å². The molecule has 1 amide bonds. The highest BCUT2D eigenvalue weighted by molar-refractivity contribution is 5.69. The number of benzene rings is 1. The van der Waals surface area contributed by atoms with E-state index in [1.165, 1.54) is 6.07 Å². The summed E-state index contributed by atoms with van der Waals surface area (Å²) in [5.74, 6) is 0. The van der Waals surface area contributed by atoms with Crippen LogP contribution in [0.15, 0.2) is 18.2 Å². The van der Waals surface area contributed by atoms with Gasteiger partial charge in [0.15, 0.2) is 0 Å². The van der Waals surface area contributed by atoms with Crippen LogP contribution in [-0.4, -0.2) is 34.7 Å². The molecule has 1 aromatic carbocycles. The summed E-state index contributed by atoms with van der Waals surface area (Å²) < 4.78 is 31.1. The van der Waals surface area contributed by atoms with E-state index in [0.29, 0.717) is 18.5 Å². The van der Waals surface area contributed by atoms with Crippen LogP contribution in [0.4, 0.5) is 13.6 Å². The summed E-state index contributed by atoms with van der Waals surface area (Å²) in [4.78, 5) is 13.9. The van der Waals surface area contributed by atoms with Gasteiger partial charge in [-0.1, -0.05) is 18.2 Å². The lowest BCUT2D eigenvalue weighted by atomic mass is 9.88. The number of fused-ring (bicyclic) bond motifs is 1. The molecule has 6 heteroatoms. The van der Waals surface area contributed by atoms with Gasteiger partial charge in [0, 0.05) is 6.54 Å².